The number of primary sulfonamides is 1. The van der Waals surface area contributed by atoms with Crippen LogP contribution in [-0.2, 0) is 15.8 Å². The van der Waals surface area contributed by atoms with Crippen LogP contribution in [0.2, 0.25) is 0 Å². The van der Waals surface area contributed by atoms with E-state index < -0.39 is 10.0 Å². The number of hydrogen-bond donors (Lipinski definition) is 2. The largest absolute Gasteiger partial charge is 0.382 e. The number of sulfonamides is 1. The van der Waals surface area contributed by atoms with E-state index in [1.165, 1.54) is 19.3 Å². The van der Waals surface area contributed by atoms with Crippen molar-refractivity contribution in [1.82, 2.24) is 0 Å². The van der Waals surface area contributed by atoms with Gasteiger partial charge in [0.05, 0.1) is 5.75 Å². The Morgan fingerprint density at radius 1 is 1.20 bits per heavy atom. The first-order valence-corrected chi connectivity index (χ1v) is 8.92. The van der Waals surface area contributed by atoms with Crippen molar-refractivity contribution in [3.8, 4) is 0 Å². The molecule has 1 aliphatic carbocycles. The Morgan fingerprint density at radius 3 is 2.45 bits per heavy atom. The third kappa shape index (κ3) is 4.21. The summed E-state index contributed by atoms with van der Waals surface area (Å²) in [5.74, 6) is 1.31. The van der Waals surface area contributed by atoms with Crippen LogP contribution in [0.5, 0.6) is 0 Å². The van der Waals surface area contributed by atoms with Gasteiger partial charge in [0.2, 0.25) is 10.0 Å². The molecule has 3 atom stereocenters. The molecule has 0 heterocycles. The summed E-state index contributed by atoms with van der Waals surface area (Å²) in [6.45, 7) is 4.62. The van der Waals surface area contributed by atoms with Crippen molar-refractivity contribution in [3.63, 3.8) is 0 Å². The maximum absolute atomic E-state index is 11.0. The molecule has 3 unspecified atom stereocenters. The summed E-state index contributed by atoms with van der Waals surface area (Å²) in [7, 11) is -3.45. The SMILES string of the molecule is CC1CCCC(Nc2ccc(CS(N)(=O)=O)cc2)C1C. The molecule has 5 heteroatoms. The van der Waals surface area contributed by atoms with E-state index in [0.29, 0.717) is 12.0 Å². The Labute approximate surface area is 121 Å². The molecule has 0 saturated heterocycles. The molecule has 0 amide bonds. The average molecular weight is 296 g/mol. The third-order valence-electron chi connectivity index (χ3n) is 4.38. The van der Waals surface area contributed by atoms with Crippen molar-refractivity contribution < 1.29 is 8.42 Å². The van der Waals surface area contributed by atoms with Crippen LogP contribution in [-0.4, -0.2) is 14.5 Å². The maximum Gasteiger partial charge on any atom is 0.213 e. The fourth-order valence-electron chi connectivity index (χ4n) is 2.93. The normalized spacial score (nSPS) is 27.2. The van der Waals surface area contributed by atoms with Crippen molar-refractivity contribution in [2.75, 3.05) is 5.32 Å². The molecule has 4 nitrogen and oxygen atoms in total. The Kier molecular flexibility index (Phi) is 4.70. The first kappa shape index (κ1) is 15.3. The number of rotatable bonds is 4. The van der Waals surface area contributed by atoms with Crippen LogP contribution in [0.15, 0.2) is 24.3 Å². The molecular formula is C15H24N2O2S. The van der Waals surface area contributed by atoms with Crippen LogP contribution < -0.4 is 10.5 Å². The van der Waals surface area contributed by atoms with Crippen molar-refractivity contribution >= 4 is 15.7 Å². The van der Waals surface area contributed by atoms with E-state index in [2.05, 4.69) is 19.2 Å². The van der Waals surface area contributed by atoms with Gasteiger partial charge in [-0.05, 0) is 36.0 Å². The smallest absolute Gasteiger partial charge is 0.213 e. The highest BCUT2D eigenvalue weighted by molar-refractivity contribution is 7.88. The minimum atomic E-state index is -3.45. The summed E-state index contributed by atoms with van der Waals surface area (Å²) in [4.78, 5) is 0. The van der Waals surface area contributed by atoms with Crippen molar-refractivity contribution in [3.05, 3.63) is 29.8 Å². The molecule has 0 bridgehead atoms. The van der Waals surface area contributed by atoms with Gasteiger partial charge in [0.15, 0.2) is 0 Å². The molecule has 0 aliphatic heterocycles. The van der Waals surface area contributed by atoms with E-state index >= 15 is 0 Å². The van der Waals surface area contributed by atoms with E-state index in [4.69, 9.17) is 5.14 Å². The average Bonchev–Trinajstić information content (AvgIpc) is 2.35. The molecule has 112 valence electrons. The lowest BCUT2D eigenvalue weighted by Gasteiger charge is -2.35. The van der Waals surface area contributed by atoms with Gasteiger partial charge in [-0.1, -0.05) is 38.8 Å². The second-order valence-electron chi connectivity index (χ2n) is 6.02. The van der Waals surface area contributed by atoms with Crippen LogP contribution in [0.3, 0.4) is 0 Å². The number of benzene rings is 1. The van der Waals surface area contributed by atoms with Gasteiger partial charge in [-0.2, -0.15) is 0 Å². The number of nitrogens with two attached hydrogens (primary N) is 1. The minimum absolute atomic E-state index is 0.107. The predicted molar refractivity (Wildman–Crippen MR) is 82.8 cm³/mol. The summed E-state index contributed by atoms with van der Waals surface area (Å²) in [6.07, 6.45) is 3.78. The quantitative estimate of drug-likeness (QED) is 0.897. The van der Waals surface area contributed by atoms with E-state index in [9.17, 15) is 8.42 Å². The third-order valence-corrected chi connectivity index (χ3v) is 5.12. The van der Waals surface area contributed by atoms with Gasteiger partial charge in [-0.15, -0.1) is 0 Å². The molecular weight excluding hydrogens is 272 g/mol. The monoisotopic (exact) mass is 296 g/mol. The van der Waals surface area contributed by atoms with E-state index in [0.717, 1.165) is 17.2 Å². The maximum atomic E-state index is 11.0. The highest BCUT2D eigenvalue weighted by Crippen LogP contribution is 2.31. The second-order valence-corrected chi connectivity index (χ2v) is 7.64. The molecule has 1 aromatic carbocycles. The lowest BCUT2D eigenvalue weighted by molar-refractivity contribution is 0.253. The summed E-state index contributed by atoms with van der Waals surface area (Å²) in [6, 6.07) is 8.02. The fourth-order valence-corrected chi connectivity index (χ4v) is 3.59. The lowest BCUT2D eigenvalue weighted by atomic mass is 9.78. The van der Waals surface area contributed by atoms with E-state index in [1.807, 2.05) is 24.3 Å². The molecule has 0 spiro atoms. The molecule has 0 aromatic heterocycles. The molecule has 2 rings (SSSR count). The van der Waals surface area contributed by atoms with Gasteiger partial charge < -0.3 is 5.32 Å². The van der Waals surface area contributed by atoms with Crippen LogP contribution in [0.1, 0.15) is 38.7 Å². The highest BCUT2D eigenvalue weighted by atomic mass is 32.2. The molecule has 20 heavy (non-hydrogen) atoms. The van der Waals surface area contributed by atoms with E-state index in [1.54, 1.807) is 0 Å². The summed E-state index contributed by atoms with van der Waals surface area (Å²) < 4.78 is 22.1. The zero-order chi connectivity index (χ0) is 14.8. The molecule has 0 radical (unpaired) electrons. The van der Waals surface area contributed by atoms with Gasteiger partial charge >= 0.3 is 0 Å². The molecule has 1 fully saturated rings. The highest BCUT2D eigenvalue weighted by Gasteiger charge is 2.26. The number of hydrogen-bond acceptors (Lipinski definition) is 3. The topological polar surface area (TPSA) is 72.2 Å². The zero-order valence-electron chi connectivity index (χ0n) is 12.2. The van der Waals surface area contributed by atoms with Crippen molar-refractivity contribution in [2.24, 2.45) is 17.0 Å². The summed E-state index contributed by atoms with van der Waals surface area (Å²) in [5, 5.41) is 8.62. The van der Waals surface area contributed by atoms with Crippen molar-refractivity contribution in [2.45, 2.75) is 44.9 Å². The summed E-state index contributed by atoms with van der Waals surface area (Å²) >= 11 is 0. The van der Waals surface area contributed by atoms with Gasteiger partial charge in [-0.3, -0.25) is 0 Å². The van der Waals surface area contributed by atoms with Crippen LogP contribution in [0, 0.1) is 11.8 Å². The van der Waals surface area contributed by atoms with Crippen LogP contribution in [0.25, 0.3) is 0 Å². The lowest BCUT2D eigenvalue weighted by Crippen LogP contribution is -2.34. The molecule has 1 saturated carbocycles. The molecule has 1 aromatic rings. The van der Waals surface area contributed by atoms with Gasteiger partial charge in [0.1, 0.15) is 0 Å². The fraction of sp³-hybridized carbons (Fsp3) is 0.600. The predicted octanol–water partition coefficient (Wildman–Crippen LogP) is 2.71. The van der Waals surface area contributed by atoms with E-state index in [-0.39, 0.29) is 5.75 Å². The first-order chi connectivity index (χ1) is 9.35. The number of nitrogens with one attached hydrogen (secondary N) is 1. The Morgan fingerprint density at radius 2 is 1.85 bits per heavy atom. The second kappa shape index (κ2) is 6.14. The van der Waals surface area contributed by atoms with Crippen LogP contribution >= 0.6 is 0 Å². The Balaban J connectivity index is 2.00. The van der Waals surface area contributed by atoms with Gasteiger partial charge in [0.25, 0.3) is 0 Å². The minimum Gasteiger partial charge on any atom is -0.382 e. The van der Waals surface area contributed by atoms with Gasteiger partial charge in [-0.25, -0.2) is 13.6 Å². The zero-order valence-corrected chi connectivity index (χ0v) is 13.0. The summed E-state index contributed by atoms with van der Waals surface area (Å²) in [5.41, 5.74) is 1.78. The Hall–Kier alpha value is -1.07. The first-order valence-electron chi connectivity index (χ1n) is 7.21. The van der Waals surface area contributed by atoms with Crippen molar-refractivity contribution in [1.29, 1.82) is 0 Å². The molecule has 1 aliphatic rings. The van der Waals surface area contributed by atoms with Crippen LogP contribution in [0.4, 0.5) is 5.69 Å². The molecule has 3 N–H and O–H groups in total. The van der Waals surface area contributed by atoms with Gasteiger partial charge in [0, 0.05) is 11.7 Å². The number of anilines is 1. The standard InChI is InChI=1S/C15H24N2O2S/c1-11-4-3-5-15(12(11)2)17-14-8-6-13(7-9-14)10-20(16,18)19/h6-9,11-12,15,17H,3-5,10H2,1-2H3,(H2,16,18,19). The Bertz CT molecular complexity index is 539.